The average molecular weight is 285 g/mol. The standard InChI is InChI=1S/C12H19N3O3S/c1-8(11(16)17)4-5-13-12(18)15(3)6-10-7-19-9(2)14-10/h7-8H,4-6H2,1-3H3,(H,13,18)(H,16,17). The molecular formula is C12H19N3O3S. The van der Waals surface area contributed by atoms with E-state index in [1.165, 1.54) is 4.90 Å². The number of hydrogen-bond donors (Lipinski definition) is 2. The van der Waals surface area contributed by atoms with Crippen molar-refractivity contribution in [1.82, 2.24) is 15.2 Å². The zero-order chi connectivity index (χ0) is 14.4. The molecule has 0 saturated carbocycles. The van der Waals surface area contributed by atoms with Crippen LogP contribution in [0.1, 0.15) is 24.0 Å². The van der Waals surface area contributed by atoms with Crippen molar-refractivity contribution >= 4 is 23.3 Å². The van der Waals surface area contributed by atoms with Gasteiger partial charge in [-0.3, -0.25) is 4.79 Å². The minimum Gasteiger partial charge on any atom is -0.481 e. The van der Waals surface area contributed by atoms with Crippen molar-refractivity contribution in [3.8, 4) is 0 Å². The highest BCUT2D eigenvalue weighted by Gasteiger charge is 2.13. The Balaban J connectivity index is 2.31. The Bertz CT molecular complexity index is 447. The zero-order valence-electron chi connectivity index (χ0n) is 11.3. The second-order valence-electron chi connectivity index (χ2n) is 4.47. The van der Waals surface area contributed by atoms with Crippen LogP contribution in [-0.4, -0.2) is 40.6 Å². The molecule has 19 heavy (non-hydrogen) atoms. The minimum absolute atomic E-state index is 0.219. The second kappa shape index (κ2) is 7.08. The summed E-state index contributed by atoms with van der Waals surface area (Å²) in [6.45, 7) is 4.34. The molecule has 1 aromatic heterocycles. The van der Waals surface area contributed by atoms with Gasteiger partial charge in [0.15, 0.2) is 0 Å². The second-order valence-corrected chi connectivity index (χ2v) is 5.54. The van der Waals surface area contributed by atoms with Gasteiger partial charge in [-0.2, -0.15) is 0 Å². The topological polar surface area (TPSA) is 82.5 Å². The Hall–Kier alpha value is -1.63. The fraction of sp³-hybridized carbons (Fsp3) is 0.583. The number of nitrogens with zero attached hydrogens (tertiary/aromatic N) is 2. The predicted molar refractivity (Wildman–Crippen MR) is 73.1 cm³/mol. The Labute approximate surface area is 116 Å². The monoisotopic (exact) mass is 285 g/mol. The molecule has 0 bridgehead atoms. The van der Waals surface area contributed by atoms with Crippen LogP contribution in [0.5, 0.6) is 0 Å². The average Bonchev–Trinajstić information content (AvgIpc) is 2.74. The van der Waals surface area contributed by atoms with Crippen molar-refractivity contribution in [3.63, 3.8) is 0 Å². The molecule has 7 heteroatoms. The summed E-state index contributed by atoms with van der Waals surface area (Å²) in [5.74, 6) is -1.30. The van der Waals surface area contributed by atoms with E-state index in [4.69, 9.17) is 5.11 Å². The van der Waals surface area contributed by atoms with Gasteiger partial charge in [-0.05, 0) is 13.3 Å². The Morgan fingerprint density at radius 2 is 2.26 bits per heavy atom. The van der Waals surface area contributed by atoms with Crippen LogP contribution in [0.3, 0.4) is 0 Å². The van der Waals surface area contributed by atoms with Gasteiger partial charge in [0, 0.05) is 19.0 Å². The minimum atomic E-state index is -0.847. The fourth-order valence-corrected chi connectivity index (χ4v) is 2.05. The van der Waals surface area contributed by atoms with Gasteiger partial charge in [0.25, 0.3) is 0 Å². The molecular weight excluding hydrogens is 266 g/mol. The molecule has 0 aliphatic carbocycles. The van der Waals surface area contributed by atoms with Crippen LogP contribution in [0.2, 0.25) is 0 Å². The lowest BCUT2D eigenvalue weighted by atomic mass is 10.1. The lowest BCUT2D eigenvalue weighted by molar-refractivity contribution is -0.141. The molecule has 0 aliphatic rings. The van der Waals surface area contributed by atoms with Crippen LogP contribution in [0, 0.1) is 12.8 Å². The highest BCUT2D eigenvalue weighted by atomic mass is 32.1. The number of aliphatic carboxylic acids is 1. The first kappa shape index (κ1) is 15.4. The van der Waals surface area contributed by atoms with Crippen molar-refractivity contribution in [3.05, 3.63) is 16.1 Å². The highest BCUT2D eigenvalue weighted by Crippen LogP contribution is 2.09. The number of carbonyl (C=O) groups excluding carboxylic acids is 1. The van der Waals surface area contributed by atoms with Gasteiger partial charge in [-0.25, -0.2) is 9.78 Å². The third kappa shape index (κ3) is 5.25. The molecule has 0 aromatic carbocycles. The maximum atomic E-state index is 11.7. The van der Waals surface area contributed by atoms with Gasteiger partial charge in [-0.15, -0.1) is 11.3 Å². The Morgan fingerprint density at radius 3 is 2.79 bits per heavy atom. The molecule has 0 saturated heterocycles. The number of aryl methyl sites for hydroxylation is 1. The van der Waals surface area contributed by atoms with Crippen LogP contribution in [0.4, 0.5) is 4.79 Å². The summed E-state index contributed by atoms with van der Waals surface area (Å²) in [6, 6.07) is -0.219. The first-order chi connectivity index (χ1) is 8.90. The number of thiazole rings is 1. The highest BCUT2D eigenvalue weighted by molar-refractivity contribution is 7.09. The van der Waals surface area contributed by atoms with Crippen molar-refractivity contribution in [2.75, 3.05) is 13.6 Å². The number of amides is 2. The molecule has 2 amide bonds. The maximum Gasteiger partial charge on any atom is 0.317 e. The third-order valence-electron chi connectivity index (χ3n) is 2.69. The van der Waals surface area contributed by atoms with E-state index in [9.17, 15) is 9.59 Å². The Kier molecular flexibility index (Phi) is 5.75. The van der Waals surface area contributed by atoms with Crippen molar-refractivity contribution in [1.29, 1.82) is 0 Å². The summed E-state index contributed by atoms with van der Waals surface area (Å²) in [6.07, 6.45) is 0.421. The summed E-state index contributed by atoms with van der Waals surface area (Å²) in [5, 5.41) is 14.3. The molecule has 1 heterocycles. The van der Waals surface area contributed by atoms with Gasteiger partial charge < -0.3 is 15.3 Å². The summed E-state index contributed by atoms with van der Waals surface area (Å²) >= 11 is 1.55. The molecule has 2 N–H and O–H groups in total. The SMILES string of the molecule is Cc1nc(CN(C)C(=O)NCCC(C)C(=O)O)cs1. The number of carboxylic acid groups (broad SMARTS) is 1. The molecule has 1 atom stereocenters. The molecule has 0 fully saturated rings. The lowest BCUT2D eigenvalue weighted by Gasteiger charge is -2.17. The third-order valence-corrected chi connectivity index (χ3v) is 3.51. The van der Waals surface area contributed by atoms with Gasteiger partial charge in [0.1, 0.15) is 0 Å². The molecule has 0 radical (unpaired) electrons. The molecule has 1 unspecified atom stereocenters. The van der Waals surface area contributed by atoms with E-state index in [2.05, 4.69) is 10.3 Å². The largest absolute Gasteiger partial charge is 0.481 e. The van der Waals surface area contributed by atoms with Gasteiger partial charge >= 0.3 is 12.0 Å². The summed E-state index contributed by atoms with van der Waals surface area (Å²) < 4.78 is 0. The van der Waals surface area contributed by atoms with Gasteiger partial charge in [0.05, 0.1) is 23.2 Å². The first-order valence-electron chi connectivity index (χ1n) is 6.03. The molecule has 1 aromatic rings. The van der Waals surface area contributed by atoms with Crippen LogP contribution in [0.15, 0.2) is 5.38 Å². The van der Waals surface area contributed by atoms with Gasteiger partial charge in [0.2, 0.25) is 0 Å². The van der Waals surface area contributed by atoms with Gasteiger partial charge in [-0.1, -0.05) is 6.92 Å². The van der Waals surface area contributed by atoms with E-state index >= 15 is 0 Å². The summed E-state index contributed by atoms with van der Waals surface area (Å²) in [4.78, 5) is 28.2. The number of aromatic nitrogens is 1. The quantitative estimate of drug-likeness (QED) is 0.833. The van der Waals surface area contributed by atoms with E-state index in [1.807, 2.05) is 12.3 Å². The van der Waals surface area contributed by atoms with Crippen molar-refractivity contribution in [2.24, 2.45) is 5.92 Å². The van der Waals surface area contributed by atoms with Crippen molar-refractivity contribution in [2.45, 2.75) is 26.8 Å². The van der Waals surface area contributed by atoms with Crippen LogP contribution < -0.4 is 5.32 Å². The van der Waals surface area contributed by atoms with E-state index in [-0.39, 0.29) is 6.03 Å². The van der Waals surface area contributed by atoms with Crippen LogP contribution >= 0.6 is 11.3 Å². The number of carboxylic acids is 1. The smallest absolute Gasteiger partial charge is 0.317 e. The predicted octanol–water partition coefficient (Wildman–Crippen LogP) is 1.70. The first-order valence-corrected chi connectivity index (χ1v) is 6.91. The molecule has 0 aliphatic heterocycles. The number of rotatable bonds is 6. The molecule has 106 valence electrons. The van der Waals surface area contributed by atoms with E-state index in [0.717, 1.165) is 10.7 Å². The van der Waals surface area contributed by atoms with Crippen LogP contribution in [-0.2, 0) is 11.3 Å². The number of hydrogen-bond acceptors (Lipinski definition) is 4. The summed E-state index contributed by atoms with van der Waals surface area (Å²) in [7, 11) is 1.69. The van der Waals surface area contributed by atoms with E-state index in [1.54, 1.807) is 25.3 Å². The van der Waals surface area contributed by atoms with Crippen LogP contribution in [0.25, 0.3) is 0 Å². The normalized spacial score (nSPS) is 11.9. The lowest BCUT2D eigenvalue weighted by Crippen LogP contribution is -2.38. The Morgan fingerprint density at radius 1 is 1.58 bits per heavy atom. The number of nitrogens with one attached hydrogen (secondary N) is 1. The van der Waals surface area contributed by atoms with Crippen molar-refractivity contribution < 1.29 is 14.7 Å². The number of carbonyl (C=O) groups is 2. The number of urea groups is 1. The summed E-state index contributed by atoms with van der Waals surface area (Å²) in [5.41, 5.74) is 0.860. The maximum absolute atomic E-state index is 11.7. The fourth-order valence-electron chi connectivity index (χ4n) is 1.45. The zero-order valence-corrected chi connectivity index (χ0v) is 12.2. The molecule has 1 rings (SSSR count). The molecule has 0 spiro atoms. The molecule has 6 nitrogen and oxygen atoms in total. The van der Waals surface area contributed by atoms with E-state index < -0.39 is 11.9 Å². The van der Waals surface area contributed by atoms with E-state index in [0.29, 0.717) is 19.5 Å².